The molecule has 60 valence electrons. The summed E-state index contributed by atoms with van der Waals surface area (Å²) in [6.45, 7) is 0. The first-order valence-corrected chi connectivity index (χ1v) is 3.50. The first-order chi connectivity index (χ1) is 4.63. The minimum atomic E-state index is -0.543. The second-order valence-corrected chi connectivity index (χ2v) is 2.87. The molecule has 0 spiro atoms. The van der Waals surface area contributed by atoms with Gasteiger partial charge in [-0.1, -0.05) is 0 Å². The Bertz CT molecular complexity index is 106. The van der Waals surface area contributed by atoms with E-state index in [1.807, 2.05) is 0 Å². The van der Waals surface area contributed by atoms with Gasteiger partial charge in [0, 0.05) is 12.1 Å². The van der Waals surface area contributed by atoms with Gasteiger partial charge in [0.1, 0.15) is 0 Å². The highest BCUT2D eigenvalue weighted by Gasteiger charge is 2.32. The molecule has 1 rings (SSSR count). The maximum absolute atomic E-state index is 9.15. The fraction of sp³-hybridized carbons (Fsp3) is 1.00. The summed E-state index contributed by atoms with van der Waals surface area (Å²) in [4.78, 5) is 0. The Morgan fingerprint density at radius 2 is 1.20 bits per heavy atom. The zero-order valence-corrected chi connectivity index (χ0v) is 5.77. The molecule has 1 aliphatic rings. The van der Waals surface area contributed by atoms with Crippen molar-refractivity contribution in [2.75, 3.05) is 0 Å². The topological polar surface area (TPSA) is 92.5 Å². The Balaban J connectivity index is 2.52. The maximum atomic E-state index is 9.15. The maximum Gasteiger partial charge on any atom is 0.0708 e. The lowest BCUT2D eigenvalue weighted by Crippen LogP contribution is -2.58. The van der Waals surface area contributed by atoms with Gasteiger partial charge in [0.2, 0.25) is 0 Å². The number of nitrogens with two attached hydrogens (primary N) is 2. The number of rotatable bonds is 0. The summed E-state index contributed by atoms with van der Waals surface area (Å²) < 4.78 is 0. The molecule has 1 fully saturated rings. The van der Waals surface area contributed by atoms with Crippen molar-refractivity contribution in [3.63, 3.8) is 0 Å². The van der Waals surface area contributed by atoms with E-state index in [-0.39, 0.29) is 0 Å². The number of hydrogen-bond donors (Lipinski definition) is 4. The van der Waals surface area contributed by atoms with Gasteiger partial charge in [-0.15, -0.1) is 0 Å². The normalized spacial score (nSPS) is 49.2. The Morgan fingerprint density at radius 3 is 1.50 bits per heavy atom. The van der Waals surface area contributed by atoms with Crippen LogP contribution in [0.25, 0.3) is 0 Å². The standard InChI is InChI=1S/C6H14N2O2/c7-5-3(9)1-2-4(10)6(5)8/h3-6,9-10H,1-2,7-8H2/t3-,4-,5+,6+/m0/s1. The Morgan fingerprint density at radius 1 is 0.900 bits per heavy atom. The van der Waals surface area contributed by atoms with Gasteiger partial charge in [-0.3, -0.25) is 0 Å². The quantitative estimate of drug-likeness (QED) is 0.323. The molecule has 0 unspecified atom stereocenters. The van der Waals surface area contributed by atoms with Gasteiger partial charge in [-0.05, 0) is 12.8 Å². The Hall–Kier alpha value is -0.160. The lowest BCUT2D eigenvalue weighted by molar-refractivity contribution is 0.0214. The van der Waals surface area contributed by atoms with Crippen LogP contribution in [0.4, 0.5) is 0 Å². The predicted molar refractivity (Wildman–Crippen MR) is 37.2 cm³/mol. The van der Waals surface area contributed by atoms with E-state index >= 15 is 0 Å². The van der Waals surface area contributed by atoms with E-state index in [9.17, 15) is 0 Å². The highest BCUT2D eigenvalue weighted by Crippen LogP contribution is 2.16. The summed E-state index contributed by atoms with van der Waals surface area (Å²) in [7, 11) is 0. The molecule has 0 heterocycles. The highest BCUT2D eigenvalue weighted by atomic mass is 16.3. The molecular formula is C6H14N2O2. The van der Waals surface area contributed by atoms with Crippen LogP contribution in [0.5, 0.6) is 0 Å². The molecule has 0 bridgehead atoms. The van der Waals surface area contributed by atoms with E-state index in [1.165, 1.54) is 0 Å². The van der Waals surface area contributed by atoms with Crippen molar-refractivity contribution in [2.24, 2.45) is 11.5 Å². The van der Waals surface area contributed by atoms with Crippen molar-refractivity contribution >= 4 is 0 Å². The summed E-state index contributed by atoms with van der Waals surface area (Å²) in [6.07, 6.45) is 0.0169. The van der Waals surface area contributed by atoms with Gasteiger partial charge in [0.05, 0.1) is 12.2 Å². The Labute approximate surface area is 59.8 Å². The van der Waals surface area contributed by atoms with E-state index in [0.717, 1.165) is 0 Å². The van der Waals surface area contributed by atoms with Crippen molar-refractivity contribution in [1.29, 1.82) is 0 Å². The molecule has 0 aromatic rings. The molecule has 6 N–H and O–H groups in total. The SMILES string of the molecule is N[C@H]1[C@H](N)[C@@H](O)CC[C@@H]1O. The fourth-order valence-corrected chi connectivity index (χ4v) is 1.24. The van der Waals surface area contributed by atoms with Crippen molar-refractivity contribution in [2.45, 2.75) is 37.1 Å². The smallest absolute Gasteiger partial charge is 0.0708 e. The van der Waals surface area contributed by atoms with E-state index in [2.05, 4.69) is 0 Å². The molecule has 4 nitrogen and oxygen atoms in total. The molecule has 0 aromatic carbocycles. The third-order valence-electron chi connectivity index (χ3n) is 2.09. The second-order valence-electron chi connectivity index (χ2n) is 2.87. The van der Waals surface area contributed by atoms with Crippen LogP contribution in [0.1, 0.15) is 12.8 Å². The molecule has 4 heteroatoms. The predicted octanol–water partition coefficient (Wildman–Crippen LogP) is -1.84. The van der Waals surface area contributed by atoms with Crippen LogP contribution in [0.3, 0.4) is 0 Å². The van der Waals surface area contributed by atoms with Crippen molar-refractivity contribution in [3.05, 3.63) is 0 Å². The summed E-state index contributed by atoms with van der Waals surface area (Å²) in [5.41, 5.74) is 11.0. The van der Waals surface area contributed by atoms with Crippen molar-refractivity contribution < 1.29 is 10.2 Å². The average Bonchev–Trinajstić information content (AvgIpc) is 1.93. The molecule has 0 amide bonds. The van der Waals surface area contributed by atoms with Crippen LogP contribution >= 0.6 is 0 Å². The molecule has 0 aromatic heterocycles. The van der Waals surface area contributed by atoms with Crippen LogP contribution in [-0.4, -0.2) is 34.5 Å². The van der Waals surface area contributed by atoms with Crippen LogP contribution in [0.2, 0.25) is 0 Å². The van der Waals surface area contributed by atoms with Crippen LogP contribution < -0.4 is 11.5 Å². The summed E-state index contributed by atoms with van der Waals surface area (Å²) in [5.74, 6) is 0. The number of aliphatic hydroxyl groups excluding tert-OH is 2. The van der Waals surface area contributed by atoms with E-state index in [4.69, 9.17) is 21.7 Å². The lowest BCUT2D eigenvalue weighted by atomic mass is 9.87. The summed E-state index contributed by atoms with van der Waals surface area (Å²) in [5, 5.41) is 18.3. The Kier molecular flexibility index (Phi) is 2.25. The third kappa shape index (κ3) is 1.29. The first kappa shape index (κ1) is 7.94. The zero-order valence-electron chi connectivity index (χ0n) is 5.77. The molecule has 0 saturated heterocycles. The van der Waals surface area contributed by atoms with Gasteiger partial charge >= 0.3 is 0 Å². The van der Waals surface area contributed by atoms with Gasteiger partial charge in [0.25, 0.3) is 0 Å². The third-order valence-corrected chi connectivity index (χ3v) is 2.09. The average molecular weight is 146 g/mol. The van der Waals surface area contributed by atoms with Crippen molar-refractivity contribution in [1.82, 2.24) is 0 Å². The molecule has 0 aliphatic heterocycles. The summed E-state index contributed by atoms with van der Waals surface area (Å²) in [6, 6.07) is -0.938. The fourth-order valence-electron chi connectivity index (χ4n) is 1.24. The van der Waals surface area contributed by atoms with Crippen LogP contribution in [0, 0.1) is 0 Å². The van der Waals surface area contributed by atoms with Crippen LogP contribution in [-0.2, 0) is 0 Å². The highest BCUT2D eigenvalue weighted by molar-refractivity contribution is 4.92. The minimum absolute atomic E-state index is 0.469. The van der Waals surface area contributed by atoms with E-state index < -0.39 is 24.3 Å². The van der Waals surface area contributed by atoms with Crippen molar-refractivity contribution in [3.8, 4) is 0 Å². The minimum Gasteiger partial charge on any atom is -0.391 e. The van der Waals surface area contributed by atoms with Gasteiger partial charge < -0.3 is 21.7 Å². The monoisotopic (exact) mass is 146 g/mol. The molecule has 1 saturated carbocycles. The molecule has 0 radical (unpaired) electrons. The van der Waals surface area contributed by atoms with Gasteiger partial charge in [-0.25, -0.2) is 0 Å². The lowest BCUT2D eigenvalue weighted by Gasteiger charge is -2.33. The number of hydrogen-bond acceptors (Lipinski definition) is 4. The summed E-state index contributed by atoms with van der Waals surface area (Å²) >= 11 is 0. The molecular weight excluding hydrogens is 132 g/mol. The largest absolute Gasteiger partial charge is 0.391 e. The molecule has 1 aliphatic carbocycles. The van der Waals surface area contributed by atoms with E-state index in [1.54, 1.807) is 0 Å². The zero-order chi connectivity index (χ0) is 7.72. The molecule has 10 heavy (non-hydrogen) atoms. The van der Waals surface area contributed by atoms with E-state index in [0.29, 0.717) is 12.8 Å². The van der Waals surface area contributed by atoms with Crippen LogP contribution in [0.15, 0.2) is 0 Å². The van der Waals surface area contributed by atoms with Gasteiger partial charge in [0.15, 0.2) is 0 Å². The first-order valence-electron chi connectivity index (χ1n) is 3.50. The number of aliphatic hydroxyl groups is 2. The molecule has 4 atom stereocenters. The second kappa shape index (κ2) is 2.84. The van der Waals surface area contributed by atoms with Gasteiger partial charge in [-0.2, -0.15) is 0 Å².